The van der Waals surface area contributed by atoms with Crippen molar-refractivity contribution in [1.29, 1.82) is 0 Å². The number of carbonyl (C=O) groups is 2. The Balaban J connectivity index is 1.86. The van der Waals surface area contributed by atoms with Crippen LogP contribution in [-0.4, -0.2) is 56.7 Å². The highest BCUT2D eigenvalue weighted by Crippen LogP contribution is 2.24. The van der Waals surface area contributed by atoms with Crippen molar-refractivity contribution in [3.8, 4) is 0 Å². The molecule has 3 rings (SSSR count). The second-order valence-corrected chi connectivity index (χ2v) is 9.01. The van der Waals surface area contributed by atoms with Gasteiger partial charge >= 0.3 is 5.97 Å². The Morgan fingerprint density at radius 3 is 2.28 bits per heavy atom. The van der Waals surface area contributed by atoms with Gasteiger partial charge in [0.25, 0.3) is 5.91 Å². The molecule has 1 atom stereocenters. The standard InChI is InChI=1S/C21H24N2O5S/c1-22(2)20(24)19(16-9-4-3-5-10-16)28-21(25)17-11-8-12-18(15-17)29(26,27)23-13-6-7-14-23/h3-5,8-12,15,19H,6-7,13-14H2,1-2H3/t19-/m0/s1. The average molecular weight is 416 g/mol. The van der Waals surface area contributed by atoms with E-state index in [1.807, 2.05) is 0 Å². The number of likely N-dealkylation sites (N-methyl/N-ethyl adjacent to an activating group) is 1. The van der Waals surface area contributed by atoms with Gasteiger partial charge in [-0.15, -0.1) is 0 Å². The summed E-state index contributed by atoms with van der Waals surface area (Å²) >= 11 is 0. The lowest BCUT2D eigenvalue weighted by atomic mass is 10.1. The minimum absolute atomic E-state index is 0.0454. The van der Waals surface area contributed by atoms with Gasteiger partial charge in [-0.3, -0.25) is 4.79 Å². The molecular formula is C21H24N2O5S. The predicted octanol–water partition coefficient (Wildman–Crippen LogP) is 2.46. The van der Waals surface area contributed by atoms with E-state index in [4.69, 9.17) is 4.74 Å². The molecule has 1 heterocycles. The van der Waals surface area contributed by atoms with E-state index in [2.05, 4.69) is 0 Å². The molecule has 1 aliphatic rings. The Hall–Kier alpha value is -2.71. The van der Waals surface area contributed by atoms with Gasteiger partial charge in [0.15, 0.2) is 0 Å². The van der Waals surface area contributed by atoms with Crippen LogP contribution in [0.4, 0.5) is 0 Å². The SMILES string of the molecule is CN(C)C(=O)[C@@H](OC(=O)c1cccc(S(=O)(=O)N2CCCC2)c1)c1ccccc1. The average Bonchev–Trinajstić information content (AvgIpc) is 3.28. The highest BCUT2D eigenvalue weighted by molar-refractivity contribution is 7.89. The molecule has 154 valence electrons. The van der Waals surface area contributed by atoms with Crippen LogP contribution in [0.1, 0.15) is 34.9 Å². The molecule has 0 N–H and O–H groups in total. The third kappa shape index (κ3) is 4.65. The molecule has 0 radical (unpaired) electrons. The first kappa shape index (κ1) is 21.0. The molecule has 1 aliphatic heterocycles. The lowest BCUT2D eigenvalue weighted by Gasteiger charge is -2.21. The highest BCUT2D eigenvalue weighted by atomic mass is 32.2. The van der Waals surface area contributed by atoms with Gasteiger partial charge in [-0.25, -0.2) is 13.2 Å². The number of hydrogen-bond donors (Lipinski definition) is 0. The van der Waals surface area contributed by atoms with Crippen LogP contribution in [0.15, 0.2) is 59.5 Å². The molecule has 1 amide bonds. The number of amides is 1. The quantitative estimate of drug-likeness (QED) is 0.676. The van der Waals surface area contributed by atoms with E-state index in [1.165, 1.54) is 33.5 Å². The molecule has 0 bridgehead atoms. The third-order valence-electron chi connectivity index (χ3n) is 4.76. The summed E-state index contributed by atoms with van der Waals surface area (Å²) in [5.41, 5.74) is 0.623. The van der Waals surface area contributed by atoms with Crippen LogP contribution >= 0.6 is 0 Å². The van der Waals surface area contributed by atoms with Crippen molar-refractivity contribution in [2.75, 3.05) is 27.2 Å². The van der Waals surface area contributed by atoms with Crippen LogP contribution < -0.4 is 0 Å². The van der Waals surface area contributed by atoms with Crippen molar-refractivity contribution in [3.63, 3.8) is 0 Å². The van der Waals surface area contributed by atoms with Gasteiger partial charge in [0.1, 0.15) is 0 Å². The summed E-state index contributed by atoms with van der Waals surface area (Å²) in [5.74, 6) is -1.14. The molecular weight excluding hydrogens is 392 g/mol. The second kappa shape index (κ2) is 8.75. The van der Waals surface area contributed by atoms with Crippen molar-refractivity contribution in [2.45, 2.75) is 23.8 Å². The lowest BCUT2D eigenvalue weighted by molar-refractivity contribution is -0.138. The number of carbonyl (C=O) groups excluding carboxylic acids is 2. The molecule has 29 heavy (non-hydrogen) atoms. The molecule has 1 saturated heterocycles. The van der Waals surface area contributed by atoms with Crippen molar-refractivity contribution in [1.82, 2.24) is 9.21 Å². The highest BCUT2D eigenvalue weighted by Gasteiger charge is 2.30. The Kier molecular flexibility index (Phi) is 6.34. The fourth-order valence-corrected chi connectivity index (χ4v) is 4.72. The van der Waals surface area contributed by atoms with Crippen LogP contribution in [0.5, 0.6) is 0 Å². The number of benzene rings is 2. The van der Waals surface area contributed by atoms with Gasteiger partial charge in [-0.1, -0.05) is 36.4 Å². The molecule has 2 aromatic rings. The van der Waals surface area contributed by atoms with Crippen molar-refractivity contribution in [2.24, 2.45) is 0 Å². The second-order valence-electron chi connectivity index (χ2n) is 7.07. The molecule has 0 aromatic heterocycles. The van der Waals surface area contributed by atoms with Crippen molar-refractivity contribution >= 4 is 21.9 Å². The summed E-state index contributed by atoms with van der Waals surface area (Å²) in [6, 6.07) is 14.5. The number of nitrogens with zero attached hydrogens (tertiary/aromatic N) is 2. The van der Waals surface area contributed by atoms with E-state index >= 15 is 0 Å². The first-order chi connectivity index (χ1) is 13.8. The van der Waals surface area contributed by atoms with Crippen LogP contribution in [0.25, 0.3) is 0 Å². The maximum absolute atomic E-state index is 12.8. The third-order valence-corrected chi connectivity index (χ3v) is 6.66. The first-order valence-corrected chi connectivity index (χ1v) is 10.8. The van der Waals surface area contributed by atoms with E-state index in [-0.39, 0.29) is 16.4 Å². The maximum Gasteiger partial charge on any atom is 0.339 e. The Morgan fingerprint density at radius 1 is 1.00 bits per heavy atom. The smallest absolute Gasteiger partial charge is 0.339 e. The zero-order valence-corrected chi connectivity index (χ0v) is 17.3. The number of rotatable bonds is 6. The Morgan fingerprint density at radius 2 is 1.66 bits per heavy atom. The Labute approximate surface area is 170 Å². The van der Waals surface area contributed by atoms with Gasteiger partial charge < -0.3 is 9.64 Å². The first-order valence-electron chi connectivity index (χ1n) is 9.38. The molecule has 0 spiro atoms. The monoisotopic (exact) mass is 416 g/mol. The van der Waals surface area contributed by atoms with Crippen molar-refractivity contribution < 1.29 is 22.7 Å². The zero-order chi connectivity index (χ0) is 21.0. The van der Waals surface area contributed by atoms with Crippen molar-refractivity contribution in [3.05, 3.63) is 65.7 Å². The fraction of sp³-hybridized carbons (Fsp3) is 0.333. The number of sulfonamides is 1. The molecule has 1 fully saturated rings. The zero-order valence-electron chi connectivity index (χ0n) is 16.4. The molecule has 0 aliphatic carbocycles. The molecule has 0 unspecified atom stereocenters. The fourth-order valence-electron chi connectivity index (χ4n) is 3.16. The van der Waals surface area contributed by atoms with Gasteiger partial charge in [-0.05, 0) is 31.0 Å². The van der Waals surface area contributed by atoms with Crippen LogP contribution in [-0.2, 0) is 19.6 Å². The topological polar surface area (TPSA) is 84.0 Å². The Bertz CT molecular complexity index is 983. The number of esters is 1. The minimum Gasteiger partial charge on any atom is -0.444 e. The van der Waals surface area contributed by atoms with Gasteiger partial charge in [0.2, 0.25) is 16.1 Å². The van der Waals surface area contributed by atoms with E-state index in [9.17, 15) is 18.0 Å². The maximum atomic E-state index is 12.8. The largest absolute Gasteiger partial charge is 0.444 e. The van der Waals surface area contributed by atoms with Crippen LogP contribution in [0.2, 0.25) is 0 Å². The summed E-state index contributed by atoms with van der Waals surface area (Å²) in [5, 5.41) is 0. The molecule has 7 nitrogen and oxygen atoms in total. The molecule has 0 saturated carbocycles. The molecule has 8 heteroatoms. The summed E-state index contributed by atoms with van der Waals surface area (Å²) in [4.78, 5) is 26.7. The summed E-state index contributed by atoms with van der Waals surface area (Å²) < 4.78 is 32.4. The van der Waals surface area contributed by atoms with E-state index in [1.54, 1.807) is 44.4 Å². The van der Waals surface area contributed by atoms with E-state index in [0.29, 0.717) is 18.7 Å². The summed E-state index contributed by atoms with van der Waals surface area (Å²) in [6.07, 6.45) is 0.538. The van der Waals surface area contributed by atoms with Gasteiger partial charge in [0.05, 0.1) is 10.5 Å². The van der Waals surface area contributed by atoms with Gasteiger partial charge in [0, 0.05) is 32.7 Å². The minimum atomic E-state index is -3.65. The summed E-state index contributed by atoms with van der Waals surface area (Å²) in [7, 11) is -0.497. The van der Waals surface area contributed by atoms with E-state index < -0.39 is 22.1 Å². The predicted molar refractivity (Wildman–Crippen MR) is 108 cm³/mol. The number of ether oxygens (including phenoxy) is 1. The summed E-state index contributed by atoms with van der Waals surface area (Å²) in [6.45, 7) is 0.953. The lowest BCUT2D eigenvalue weighted by Crippen LogP contribution is -2.31. The van der Waals surface area contributed by atoms with Crippen LogP contribution in [0, 0.1) is 0 Å². The van der Waals surface area contributed by atoms with E-state index in [0.717, 1.165) is 12.8 Å². The van der Waals surface area contributed by atoms with Crippen LogP contribution in [0.3, 0.4) is 0 Å². The van der Waals surface area contributed by atoms with Gasteiger partial charge in [-0.2, -0.15) is 4.31 Å². The number of hydrogen-bond acceptors (Lipinski definition) is 5. The molecule has 2 aromatic carbocycles. The normalized spacial score (nSPS) is 15.7.